The molecule has 2 heterocycles. The summed E-state index contributed by atoms with van der Waals surface area (Å²) in [5.74, 6) is 0. The second kappa shape index (κ2) is 4.30. The molecule has 13 heavy (non-hydrogen) atoms. The summed E-state index contributed by atoms with van der Waals surface area (Å²) in [5, 5.41) is 5.01. The number of nitrogens with zero attached hydrogens (tertiary/aromatic N) is 3. The number of nitrogen functional groups attached to an aromatic ring is 1. The van der Waals surface area contributed by atoms with E-state index < -0.39 is 0 Å². The van der Waals surface area contributed by atoms with E-state index in [0.29, 0.717) is 5.69 Å². The minimum atomic E-state index is 0. The second-order valence-corrected chi connectivity index (χ2v) is 2.43. The van der Waals surface area contributed by atoms with Gasteiger partial charge in [0.25, 0.3) is 0 Å². The molecule has 0 amide bonds. The molecule has 4 nitrogen and oxygen atoms in total. The maximum Gasteiger partial charge on any atom is 0.0883 e. The van der Waals surface area contributed by atoms with E-state index in [1.54, 1.807) is 23.3 Å². The number of hydrogen-bond donors (Lipinski definition) is 1. The molecule has 0 bridgehead atoms. The molecule has 0 atom stereocenters. The van der Waals surface area contributed by atoms with Crippen LogP contribution in [0.1, 0.15) is 0 Å². The van der Waals surface area contributed by atoms with Gasteiger partial charge in [-0.1, -0.05) is 0 Å². The molecular formula is C7H10Cl2N4. The molecule has 0 saturated heterocycles. The van der Waals surface area contributed by atoms with E-state index in [4.69, 9.17) is 5.73 Å². The van der Waals surface area contributed by atoms with Crippen molar-refractivity contribution < 1.29 is 0 Å². The number of pyridine rings is 1. The Hall–Kier alpha value is -1.00. The highest BCUT2D eigenvalue weighted by Gasteiger charge is 2.00. The molecule has 2 aromatic heterocycles. The molecule has 0 aromatic carbocycles. The Balaban J connectivity index is 0.000000720. The Morgan fingerprint density at radius 2 is 1.92 bits per heavy atom. The summed E-state index contributed by atoms with van der Waals surface area (Å²) >= 11 is 0. The van der Waals surface area contributed by atoms with Gasteiger partial charge in [-0.3, -0.25) is 9.67 Å². The van der Waals surface area contributed by atoms with Crippen molar-refractivity contribution in [1.29, 1.82) is 0 Å². The summed E-state index contributed by atoms with van der Waals surface area (Å²) in [4.78, 5) is 3.96. The van der Waals surface area contributed by atoms with Crippen LogP contribution < -0.4 is 5.73 Å². The molecule has 2 rings (SSSR count). The molecule has 0 unspecified atom stereocenters. The van der Waals surface area contributed by atoms with Crippen LogP contribution in [-0.4, -0.2) is 14.8 Å². The summed E-state index contributed by atoms with van der Waals surface area (Å²) in [7, 11) is 1.86. The first-order chi connectivity index (χ1) is 5.29. The van der Waals surface area contributed by atoms with Crippen LogP contribution >= 0.6 is 24.8 Å². The summed E-state index contributed by atoms with van der Waals surface area (Å²) in [6.45, 7) is 0. The number of aromatic nitrogens is 3. The smallest absolute Gasteiger partial charge is 0.0883 e. The van der Waals surface area contributed by atoms with Crippen molar-refractivity contribution in [3.05, 3.63) is 18.6 Å². The number of halogens is 2. The maximum atomic E-state index is 5.65. The highest BCUT2D eigenvalue weighted by molar-refractivity contribution is 5.88. The van der Waals surface area contributed by atoms with Gasteiger partial charge < -0.3 is 5.73 Å². The van der Waals surface area contributed by atoms with Gasteiger partial charge in [0.2, 0.25) is 0 Å². The highest BCUT2D eigenvalue weighted by Crippen LogP contribution is 2.16. The maximum absolute atomic E-state index is 5.65. The minimum Gasteiger partial charge on any atom is -0.397 e. The van der Waals surface area contributed by atoms with Gasteiger partial charge in [0.05, 0.1) is 29.8 Å². The lowest BCUT2D eigenvalue weighted by Crippen LogP contribution is -1.91. The Morgan fingerprint density at radius 3 is 2.54 bits per heavy atom. The van der Waals surface area contributed by atoms with Gasteiger partial charge in [0.1, 0.15) is 0 Å². The van der Waals surface area contributed by atoms with Gasteiger partial charge in [0.15, 0.2) is 0 Å². The third-order valence-corrected chi connectivity index (χ3v) is 1.71. The third-order valence-electron chi connectivity index (χ3n) is 1.71. The van der Waals surface area contributed by atoms with Crippen molar-refractivity contribution in [2.75, 3.05) is 5.73 Å². The highest BCUT2D eigenvalue weighted by atomic mass is 35.5. The Bertz CT molecular complexity index is 398. The first-order valence-corrected chi connectivity index (χ1v) is 3.30. The minimum absolute atomic E-state index is 0. The average Bonchev–Trinajstić information content (AvgIpc) is 2.35. The van der Waals surface area contributed by atoms with Gasteiger partial charge in [-0.2, -0.15) is 5.10 Å². The number of hydrogen-bond acceptors (Lipinski definition) is 3. The van der Waals surface area contributed by atoms with Crippen LogP contribution in [0.15, 0.2) is 18.6 Å². The SMILES string of the molecule is Cl.Cl.Cn1ncc2c(N)cncc21. The molecular weight excluding hydrogens is 211 g/mol. The Morgan fingerprint density at radius 1 is 1.23 bits per heavy atom. The summed E-state index contributed by atoms with van der Waals surface area (Å²) < 4.78 is 1.75. The monoisotopic (exact) mass is 220 g/mol. The quantitative estimate of drug-likeness (QED) is 0.731. The average molecular weight is 221 g/mol. The molecule has 0 aliphatic carbocycles. The summed E-state index contributed by atoms with van der Waals surface area (Å²) in [6, 6.07) is 0. The van der Waals surface area contributed by atoms with Gasteiger partial charge in [-0.05, 0) is 0 Å². The fourth-order valence-corrected chi connectivity index (χ4v) is 1.08. The van der Waals surface area contributed by atoms with E-state index in [1.165, 1.54) is 0 Å². The molecule has 0 spiro atoms. The number of fused-ring (bicyclic) bond motifs is 1. The molecule has 0 aliphatic heterocycles. The lowest BCUT2D eigenvalue weighted by atomic mass is 10.3. The lowest BCUT2D eigenvalue weighted by molar-refractivity contribution is 0.795. The van der Waals surface area contributed by atoms with Crippen molar-refractivity contribution >= 4 is 41.4 Å². The third kappa shape index (κ3) is 1.84. The van der Waals surface area contributed by atoms with Crippen LogP contribution in [0.3, 0.4) is 0 Å². The van der Waals surface area contributed by atoms with Crippen LogP contribution in [-0.2, 0) is 7.05 Å². The lowest BCUT2D eigenvalue weighted by Gasteiger charge is -1.94. The van der Waals surface area contributed by atoms with Crippen molar-refractivity contribution in [2.24, 2.45) is 7.05 Å². The fraction of sp³-hybridized carbons (Fsp3) is 0.143. The van der Waals surface area contributed by atoms with E-state index in [9.17, 15) is 0 Å². The predicted molar refractivity (Wildman–Crippen MR) is 57.4 cm³/mol. The number of anilines is 1. The van der Waals surface area contributed by atoms with Gasteiger partial charge in [-0.25, -0.2) is 0 Å². The molecule has 0 fully saturated rings. The zero-order valence-corrected chi connectivity index (χ0v) is 8.60. The summed E-state index contributed by atoms with van der Waals surface area (Å²) in [6.07, 6.45) is 5.12. The van der Waals surface area contributed by atoms with Crippen LogP contribution in [0.25, 0.3) is 10.9 Å². The standard InChI is InChI=1S/C7H8N4.2ClH/c1-11-7-4-9-3-6(8)5(7)2-10-11;;/h2-4H,8H2,1H3;2*1H. The molecule has 2 N–H and O–H groups in total. The fourth-order valence-electron chi connectivity index (χ4n) is 1.08. The summed E-state index contributed by atoms with van der Waals surface area (Å²) in [5.41, 5.74) is 7.29. The largest absolute Gasteiger partial charge is 0.397 e. The molecule has 72 valence electrons. The van der Waals surface area contributed by atoms with Crippen molar-refractivity contribution in [2.45, 2.75) is 0 Å². The Labute approximate surface area is 88.0 Å². The van der Waals surface area contributed by atoms with E-state index >= 15 is 0 Å². The van der Waals surface area contributed by atoms with Gasteiger partial charge in [0, 0.05) is 12.4 Å². The van der Waals surface area contributed by atoms with Crippen molar-refractivity contribution in [1.82, 2.24) is 14.8 Å². The first kappa shape index (κ1) is 12.0. The van der Waals surface area contributed by atoms with Crippen LogP contribution in [0.5, 0.6) is 0 Å². The number of aryl methyl sites for hydroxylation is 1. The van der Waals surface area contributed by atoms with Crippen molar-refractivity contribution in [3.8, 4) is 0 Å². The molecule has 0 radical (unpaired) electrons. The van der Waals surface area contributed by atoms with Gasteiger partial charge in [-0.15, -0.1) is 24.8 Å². The molecule has 0 saturated carbocycles. The van der Waals surface area contributed by atoms with Crippen LogP contribution in [0.2, 0.25) is 0 Å². The molecule has 0 aliphatic rings. The second-order valence-electron chi connectivity index (χ2n) is 2.43. The van der Waals surface area contributed by atoms with E-state index in [0.717, 1.165) is 10.9 Å². The zero-order valence-electron chi connectivity index (χ0n) is 6.97. The number of nitrogens with two attached hydrogens (primary N) is 1. The van der Waals surface area contributed by atoms with Gasteiger partial charge >= 0.3 is 0 Å². The van der Waals surface area contributed by atoms with E-state index in [-0.39, 0.29) is 24.8 Å². The molecule has 6 heteroatoms. The van der Waals surface area contributed by atoms with Crippen LogP contribution in [0.4, 0.5) is 5.69 Å². The van der Waals surface area contributed by atoms with E-state index in [2.05, 4.69) is 10.1 Å². The van der Waals surface area contributed by atoms with Crippen molar-refractivity contribution in [3.63, 3.8) is 0 Å². The topological polar surface area (TPSA) is 56.7 Å². The molecule has 2 aromatic rings. The van der Waals surface area contributed by atoms with Crippen LogP contribution in [0, 0.1) is 0 Å². The number of rotatable bonds is 0. The van der Waals surface area contributed by atoms with E-state index in [1.807, 2.05) is 7.05 Å². The zero-order chi connectivity index (χ0) is 7.84. The normalized spacial score (nSPS) is 9.00. The predicted octanol–water partition coefficient (Wildman–Crippen LogP) is 1.39. The Kier molecular flexibility index (Phi) is 3.97. The first-order valence-electron chi connectivity index (χ1n) is 3.30.